The van der Waals surface area contributed by atoms with Gasteiger partial charge in [0.25, 0.3) is 5.91 Å². The number of rotatable bonds is 3. The van der Waals surface area contributed by atoms with Crippen LogP contribution in [0.1, 0.15) is 28.0 Å². The molecule has 2 aromatic rings. The SMILES string of the molecule is O=C(c1cc(Br)c[nH]1)N1CCN(S(=O)(=O)c2ccc3c(c2)CCC3)CC1. The first-order chi connectivity index (χ1) is 12.4. The summed E-state index contributed by atoms with van der Waals surface area (Å²) in [4.78, 5) is 17.5. The van der Waals surface area contributed by atoms with E-state index in [-0.39, 0.29) is 5.91 Å². The molecule has 2 heterocycles. The Morgan fingerprint density at radius 3 is 2.46 bits per heavy atom. The Balaban J connectivity index is 1.46. The van der Waals surface area contributed by atoms with E-state index in [0.717, 1.165) is 29.3 Å². The summed E-state index contributed by atoms with van der Waals surface area (Å²) in [5.74, 6) is -0.106. The maximum atomic E-state index is 12.9. The number of aromatic amines is 1. The summed E-state index contributed by atoms with van der Waals surface area (Å²) in [7, 11) is -3.51. The van der Waals surface area contributed by atoms with Gasteiger partial charge in [0.2, 0.25) is 10.0 Å². The highest BCUT2D eigenvalue weighted by Gasteiger charge is 2.31. The van der Waals surface area contributed by atoms with Crippen molar-refractivity contribution in [2.45, 2.75) is 24.2 Å². The standard InChI is InChI=1S/C18H20BrN3O3S/c19-15-11-17(20-12-15)18(23)21-6-8-22(9-7-21)26(24,25)16-5-4-13-2-1-3-14(13)10-16/h4-5,10-12,20H,1-3,6-9H2. The third kappa shape index (κ3) is 3.21. The minimum absolute atomic E-state index is 0.106. The van der Waals surface area contributed by atoms with E-state index >= 15 is 0 Å². The third-order valence-electron chi connectivity index (χ3n) is 5.11. The lowest BCUT2D eigenvalue weighted by molar-refractivity contribution is 0.0692. The number of benzene rings is 1. The van der Waals surface area contributed by atoms with Gasteiger partial charge in [-0.15, -0.1) is 0 Å². The minimum Gasteiger partial charge on any atom is -0.356 e. The number of hydrogen-bond donors (Lipinski definition) is 1. The van der Waals surface area contributed by atoms with Crippen LogP contribution in [0.4, 0.5) is 0 Å². The van der Waals surface area contributed by atoms with Crippen LogP contribution in [0.3, 0.4) is 0 Å². The van der Waals surface area contributed by atoms with E-state index in [4.69, 9.17) is 0 Å². The Bertz CT molecular complexity index is 946. The second-order valence-corrected chi connectivity index (χ2v) is 9.57. The summed E-state index contributed by atoms with van der Waals surface area (Å²) in [6, 6.07) is 7.22. The topological polar surface area (TPSA) is 73.5 Å². The van der Waals surface area contributed by atoms with Crippen LogP contribution in [-0.2, 0) is 22.9 Å². The number of hydrogen-bond acceptors (Lipinski definition) is 3. The number of halogens is 1. The lowest BCUT2D eigenvalue weighted by Gasteiger charge is -2.33. The Morgan fingerprint density at radius 2 is 1.77 bits per heavy atom. The fourth-order valence-corrected chi connectivity index (χ4v) is 5.47. The first-order valence-electron chi connectivity index (χ1n) is 8.70. The van der Waals surface area contributed by atoms with E-state index in [9.17, 15) is 13.2 Å². The van der Waals surface area contributed by atoms with Crippen molar-refractivity contribution in [2.75, 3.05) is 26.2 Å². The van der Waals surface area contributed by atoms with E-state index in [2.05, 4.69) is 20.9 Å². The van der Waals surface area contributed by atoms with E-state index in [1.54, 1.807) is 23.2 Å². The molecule has 26 heavy (non-hydrogen) atoms. The monoisotopic (exact) mass is 437 g/mol. The smallest absolute Gasteiger partial charge is 0.270 e. The van der Waals surface area contributed by atoms with E-state index < -0.39 is 10.0 Å². The van der Waals surface area contributed by atoms with Gasteiger partial charge in [0, 0.05) is 36.8 Å². The molecule has 6 nitrogen and oxygen atoms in total. The number of amides is 1. The van der Waals surface area contributed by atoms with Gasteiger partial charge in [0.05, 0.1) is 4.90 Å². The Labute approximate surface area is 161 Å². The number of carbonyl (C=O) groups excluding carboxylic acids is 1. The number of sulfonamides is 1. The maximum Gasteiger partial charge on any atom is 0.270 e. The summed E-state index contributed by atoms with van der Waals surface area (Å²) in [5.41, 5.74) is 2.92. The number of nitrogens with one attached hydrogen (secondary N) is 1. The van der Waals surface area contributed by atoms with Gasteiger partial charge >= 0.3 is 0 Å². The molecule has 1 aliphatic carbocycles. The molecule has 0 spiro atoms. The number of carbonyl (C=O) groups is 1. The van der Waals surface area contributed by atoms with Gasteiger partial charge in [0.15, 0.2) is 0 Å². The fraction of sp³-hybridized carbons (Fsp3) is 0.389. The van der Waals surface area contributed by atoms with Gasteiger partial charge in [-0.2, -0.15) is 4.31 Å². The largest absolute Gasteiger partial charge is 0.356 e. The summed E-state index contributed by atoms with van der Waals surface area (Å²) >= 11 is 3.32. The van der Waals surface area contributed by atoms with Crippen molar-refractivity contribution >= 4 is 31.9 Å². The summed E-state index contributed by atoms with van der Waals surface area (Å²) in [6.07, 6.45) is 4.79. The number of H-pyrrole nitrogens is 1. The first-order valence-corrected chi connectivity index (χ1v) is 10.9. The Hall–Kier alpha value is -1.64. The van der Waals surface area contributed by atoms with Crippen LogP contribution in [0.5, 0.6) is 0 Å². The van der Waals surface area contributed by atoms with Crippen LogP contribution < -0.4 is 0 Å². The average molecular weight is 438 g/mol. The maximum absolute atomic E-state index is 12.9. The van der Waals surface area contributed by atoms with Gasteiger partial charge in [0.1, 0.15) is 5.69 Å². The zero-order valence-corrected chi connectivity index (χ0v) is 16.6. The molecule has 0 unspecified atom stereocenters. The molecular formula is C18H20BrN3O3S. The molecule has 0 atom stereocenters. The molecule has 1 aromatic carbocycles. The summed E-state index contributed by atoms with van der Waals surface area (Å²) < 4.78 is 28.2. The van der Waals surface area contributed by atoms with Crippen LogP contribution in [-0.4, -0.2) is 54.7 Å². The summed E-state index contributed by atoms with van der Waals surface area (Å²) in [5, 5.41) is 0. The minimum atomic E-state index is -3.51. The Morgan fingerprint density at radius 1 is 1.04 bits per heavy atom. The quantitative estimate of drug-likeness (QED) is 0.800. The predicted molar refractivity (Wildman–Crippen MR) is 102 cm³/mol. The molecule has 1 amide bonds. The van der Waals surface area contributed by atoms with Gasteiger partial charge in [-0.1, -0.05) is 6.07 Å². The van der Waals surface area contributed by atoms with Crippen LogP contribution in [0.15, 0.2) is 39.8 Å². The highest BCUT2D eigenvalue weighted by atomic mass is 79.9. The van der Waals surface area contributed by atoms with Crippen molar-refractivity contribution < 1.29 is 13.2 Å². The van der Waals surface area contributed by atoms with Gasteiger partial charge in [-0.05, 0) is 64.5 Å². The highest BCUT2D eigenvalue weighted by molar-refractivity contribution is 9.10. The van der Waals surface area contributed by atoms with Crippen molar-refractivity contribution in [3.63, 3.8) is 0 Å². The van der Waals surface area contributed by atoms with Gasteiger partial charge in [-0.25, -0.2) is 8.42 Å². The third-order valence-corrected chi connectivity index (χ3v) is 7.46. The number of piperazine rings is 1. The molecule has 0 bridgehead atoms. The molecule has 0 radical (unpaired) electrons. The fourth-order valence-electron chi connectivity index (χ4n) is 3.65. The van der Waals surface area contributed by atoms with Crippen molar-refractivity contribution in [1.29, 1.82) is 0 Å². The lowest BCUT2D eigenvalue weighted by Crippen LogP contribution is -2.50. The first kappa shape index (κ1) is 17.8. The molecule has 1 N–H and O–H groups in total. The van der Waals surface area contributed by atoms with Crippen LogP contribution >= 0.6 is 15.9 Å². The second-order valence-electron chi connectivity index (χ2n) is 6.71. The molecule has 1 fully saturated rings. The molecular weight excluding hydrogens is 418 g/mol. The van der Waals surface area contributed by atoms with E-state index in [0.29, 0.717) is 36.8 Å². The zero-order valence-electron chi connectivity index (χ0n) is 14.2. The molecule has 138 valence electrons. The van der Waals surface area contributed by atoms with Crippen LogP contribution in [0.25, 0.3) is 0 Å². The molecule has 8 heteroatoms. The molecule has 0 saturated carbocycles. The Kier molecular flexibility index (Phi) is 4.66. The molecule has 4 rings (SSSR count). The molecule has 1 aromatic heterocycles. The molecule has 2 aliphatic rings. The number of aryl methyl sites for hydroxylation is 2. The zero-order chi connectivity index (χ0) is 18.3. The van der Waals surface area contributed by atoms with Crippen molar-refractivity contribution in [3.8, 4) is 0 Å². The lowest BCUT2D eigenvalue weighted by atomic mass is 10.1. The predicted octanol–water partition coefficient (Wildman–Crippen LogP) is 2.41. The van der Waals surface area contributed by atoms with Crippen molar-refractivity contribution in [3.05, 3.63) is 51.8 Å². The van der Waals surface area contributed by atoms with E-state index in [1.165, 1.54) is 9.87 Å². The summed E-state index contributed by atoms with van der Waals surface area (Å²) in [6.45, 7) is 1.40. The number of fused-ring (bicyclic) bond motifs is 1. The number of aromatic nitrogens is 1. The second kappa shape index (κ2) is 6.83. The van der Waals surface area contributed by atoms with Gasteiger partial charge in [-0.3, -0.25) is 4.79 Å². The molecule has 1 aliphatic heterocycles. The average Bonchev–Trinajstić information content (AvgIpc) is 3.29. The highest BCUT2D eigenvalue weighted by Crippen LogP contribution is 2.27. The van der Waals surface area contributed by atoms with Crippen LogP contribution in [0.2, 0.25) is 0 Å². The van der Waals surface area contributed by atoms with Gasteiger partial charge < -0.3 is 9.88 Å². The molecule has 1 saturated heterocycles. The van der Waals surface area contributed by atoms with Crippen molar-refractivity contribution in [2.24, 2.45) is 0 Å². The van der Waals surface area contributed by atoms with Crippen molar-refractivity contribution in [1.82, 2.24) is 14.2 Å². The van der Waals surface area contributed by atoms with Crippen LogP contribution in [0, 0.1) is 0 Å². The number of nitrogens with zero attached hydrogens (tertiary/aromatic N) is 2. The van der Waals surface area contributed by atoms with E-state index in [1.807, 2.05) is 12.1 Å². The normalized spacial score (nSPS) is 18.1.